The van der Waals surface area contributed by atoms with Crippen LogP contribution < -0.4 is 0 Å². The molecule has 0 fully saturated rings. The smallest absolute Gasteiger partial charge is 0.272 e. The summed E-state index contributed by atoms with van der Waals surface area (Å²) in [7, 11) is 0. The molecule has 4 nitrogen and oxygen atoms in total. The highest BCUT2D eigenvalue weighted by molar-refractivity contribution is 9.09. The van der Waals surface area contributed by atoms with Crippen LogP contribution in [-0.4, -0.2) is 4.92 Å². The van der Waals surface area contributed by atoms with Gasteiger partial charge in [-0.15, -0.1) is 0 Å². The van der Waals surface area contributed by atoms with Gasteiger partial charge in [-0.3, -0.25) is 10.1 Å². The number of halogens is 2. The molecule has 0 radical (unpaired) electrons. The number of para-hydroxylation sites is 1. The van der Waals surface area contributed by atoms with Crippen LogP contribution in [0.3, 0.4) is 0 Å². The maximum atomic E-state index is 10.9. The van der Waals surface area contributed by atoms with Crippen molar-refractivity contribution in [3.05, 3.63) is 63.1 Å². The summed E-state index contributed by atoms with van der Waals surface area (Å²) in [5.41, 5.74) is 1.55. The van der Waals surface area contributed by atoms with Gasteiger partial charge in [0.2, 0.25) is 0 Å². The summed E-state index contributed by atoms with van der Waals surface area (Å²) in [6.45, 7) is 0. The molecule has 0 aliphatic heterocycles. The van der Waals surface area contributed by atoms with Crippen molar-refractivity contribution in [1.29, 1.82) is 0 Å². The minimum atomic E-state index is -0.383. The van der Waals surface area contributed by atoms with Crippen LogP contribution in [0.1, 0.15) is 16.0 Å². The minimum Gasteiger partial charge on any atom is -0.453 e. The third-order valence-corrected chi connectivity index (χ3v) is 3.70. The standard InChI is InChI=1S/C12H9BrClNO3/c13-10(9-5-6-18-12(9)14)7-8-3-1-2-4-11(8)15(16)17/h1-6,10H,7H2. The molecular formula is C12H9BrClNO3. The summed E-state index contributed by atoms with van der Waals surface area (Å²) in [6, 6.07) is 8.40. The van der Waals surface area contributed by atoms with Crippen LogP contribution in [0.15, 0.2) is 41.0 Å². The summed E-state index contributed by atoms with van der Waals surface area (Å²) < 4.78 is 5.00. The Morgan fingerprint density at radius 3 is 2.72 bits per heavy atom. The number of hydrogen-bond acceptors (Lipinski definition) is 3. The lowest BCUT2D eigenvalue weighted by molar-refractivity contribution is -0.385. The molecule has 0 aliphatic rings. The number of nitro groups is 1. The van der Waals surface area contributed by atoms with Gasteiger partial charge >= 0.3 is 0 Å². The zero-order chi connectivity index (χ0) is 13.1. The van der Waals surface area contributed by atoms with Gasteiger partial charge in [-0.05, 0) is 24.1 Å². The minimum absolute atomic E-state index is 0.113. The normalized spacial score (nSPS) is 12.3. The Kier molecular flexibility index (Phi) is 4.04. The van der Waals surface area contributed by atoms with Crippen LogP contribution in [0.5, 0.6) is 0 Å². The summed E-state index contributed by atoms with van der Waals surface area (Å²) >= 11 is 9.34. The highest BCUT2D eigenvalue weighted by Gasteiger charge is 2.19. The Balaban J connectivity index is 2.25. The summed E-state index contributed by atoms with van der Waals surface area (Å²) in [5.74, 6) is 0. The van der Waals surface area contributed by atoms with Gasteiger partial charge in [0.05, 0.1) is 11.2 Å². The van der Waals surface area contributed by atoms with Gasteiger partial charge in [-0.2, -0.15) is 0 Å². The molecule has 0 bridgehead atoms. The Hall–Kier alpha value is -1.33. The molecule has 94 valence electrons. The van der Waals surface area contributed by atoms with Gasteiger partial charge in [0.25, 0.3) is 5.69 Å². The molecule has 2 aromatic rings. The Morgan fingerprint density at radius 1 is 1.39 bits per heavy atom. The van der Waals surface area contributed by atoms with E-state index in [1.165, 1.54) is 12.3 Å². The van der Waals surface area contributed by atoms with E-state index in [1.54, 1.807) is 24.3 Å². The van der Waals surface area contributed by atoms with Crippen molar-refractivity contribution < 1.29 is 9.34 Å². The summed E-state index contributed by atoms with van der Waals surface area (Å²) in [5, 5.41) is 11.2. The number of nitro benzene ring substituents is 1. The van der Waals surface area contributed by atoms with Gasteiger partial charge in [0.15, 0.2) is 5.22 Å². The largest absolute Gasteiger partial charge is 0.453 e. The molecule has 1 aromatic carbocycles. The third kappa shape index (κ3) is 2.73. The molecule has 0 N–H and O–H groups in total. The van der Waals surface area contributed by atoms with E-state index in [-0.39, 0.29) is 15.4 Å². The van der Waals surface area contributed by atoms with Crippen molar-refractivity contribution in [3.63, 3.8) is 0 Å². The quantitative estimate of drug-likeness (QED) is 0.470. The summed E-state index contributed by atoms with van der Waals surface area (Å²) in [6.07, 6.45) is 1.96. The highest BCUT2D eigenvalue weighted by atomic mass is 79.9. The Labute approximate surface area is 117 Å². The fourth-order valence-electron chi connectivity index (χ4n) is 1.69. The van der Waals surface area contributed by atoms with Gasteiger partial charge in [-0.1, -0.05) is 34.1 Å². The molecule has 1 unspecified atom stereocenters. The average Bonchev–Trinajstić information content (AvgIpc) is 2.76. The van der Waals surface area contributed by atoms with E-state index in [0.717, 1.165) is 5.56 Å². The number of rotatable bonds is 4. The van der Waals surface area contributed by atoms with Crippen LogP contribution in [0.4, 0.5) is 5.69 Å². The summed E-state index contributed by atoms with van der Waals surface area (Å²) in [4.78, 5) is 10.4. The van der Waals surface area contributed by atoms with Crippen molar-refractivity contribution in [2.45, 2.75) is 11.2 Å². The molecule has 1 atom stereocenters. The fraction of sp³-hybridized carbons (Fsp3) is 0.167. The third-order valence-electron chi connectivity index (χ3n) is 2.57. The predicted molar refractivity (Wildman–Crippen MR) is 72.2 cm³/mol. The first-order chi connectivity index (χ1) is 8.59. The maximum Gasteiger partial charge on any atom is 0.272 e. The monoisotopic (exact) mass is 329 g/mol. The highest BCUT2D eigenvalue weighted by Crippen LogP contribution is 2.34. The molecule has 0 saturated carbocycles. The number of furan rings is 1. The van der Waals surface area contributed by atoms with E-state index < -0.39 is 0 Å². The Bertz CT molecular complexity index is 570. The SMILES string of the molecule is O=[N+]([O-])c1ccccc1CC(Br)c1ccoc1Cl. The molecule has 18 heavy (non-hydrogen) atoms. The van der Waals surface area contributed by atoms with Crippen LogP contribution >= 0.6 is 27.5 Å². The molecule has 2 rings (SSSR count). The van der Waals surface area contributed by atoms with Crippen LogP contribution in [0.2, 0.25) is 5.22 Å². The second kappa shape index (κ2) is 5.54. The number of hydrogen-bond donors (Lipinski definition) is 0. The van der Waals surface area contributed by atoms with Crippen molar-refractivity contribution in [1.82, 2.24) is 0 Å². The fourth-order valence-corrected chi connectivity index (χ4v) is 2.78. The topological polar surface area (TPSA) is 56.3 Å². The van der Waals surface area contributed by atoms with E-state index in [4.69, 9.17) is 16.0 Å². The molecule has 0 aliphatic carbocycles. The van der Waals surface area contributed by atoms with E-state index in [9.17, 15) is 10.1 Å². The van der Waals surface area contributed by atoms with Crippen molar-refractivity contribution in [3.8, 4) is 0 Å². The molecule has 6 heteroatoms. The second-order valence-corrected chi connectivity index (χ2v) is 5.16. The number of benzene rings is 1. The van der Waals surface area contributed by atoms with Crippen molar-refractivity contribution >= 4 is 33.2 Å². The average molecular weight is 331 g/mol. The van der Waals surface area contributed by atoms with Gasteiger partial charge < -0.3 is 4.42 Å². The van der Waals surface area contributed by atoms with Gasteiger partial charge in [-0.25, -0.2) is 0 Å². The van der Waals surface area contributed by atoms with Crippen LogP contribution in [0, 0.1) is 10.1 Å². The molecule has 0 amide bonds. The molecular weight excluding hydrogens is 321 g/mol. The van der Waals surface area contributed by atoms with Gasteiger partial charge in [0, 0.05) is 22.0 Å². The predicted octanol–water partition coefficient (Wildman–Crippen LogP) is 4.52. The van der Waals surface area contributed by atoms with Gasteiger partial charge in [0.1, 0.15) is 0 Å². The van der Waals surface area contributed by atoms with E-state index in [0.29, 0.717) is 17.2 Å². The molecule has 1 heterocycles. The lowest BCUT2D eigenvalue weighted by Crippen LogP contribution is -1.99. The van der Waals surface area contributed by atoms with Crippen molar-refractivity contribution in [2.75, 3.05) is 0 Å². The first kappa shape index (κ1) is 13.1. The number of alkyl halides is 1. The lowest BCUT2D eigenvalue weighted by Gasteiger charge is -2.08. The van der Waals surface area contributed by atoms with Crippen molar-refractivity contribution in [2.24, 2.45) is 0 Å². The number of nitrogens with zero attached hydrogens (tertiary/aromatic N) is 1. The molecule has 1 aromatic heterocycles. The molecule has 0 saturated heterocycles. The maximum absolute atomic E-state index is 10.9. The first-order valence-electron chi connectivity index (χ1n) is 5.19. The van der Waals surface area contributed by atoms with Crippen LogP contribution in [-0.2, 0) is 6.42 Å². The lowest BCUT2D eigenvalue weighted by atomic mass is 10.0. The Morgan fingerprint density at radius 2 is 2.11 bits per heavy atom. The first-order valence-corrected chi connectivity index (χ1v) is 6.48. The second-order valence-electron chi connectivity index (χ2n) is 3.71. The zero-order valence-corrected chi connectivity index (χ0v) is 11.5. The zero-order valence-electron chi connectivity index (χ0n) is 9.18. The van der Waals surface area contributed by atoms with Crippen LogP contribution in [0.25, 0.3) is 0 Å². The van der Waals surface area contributed by atoms with E-state index >= 15 is 0 Å². The molecule has 0 spiro atoms. The van der Waals surface area contributed by atoms with E-state index in [1.807, 2.05) is 0 Å². The van der Waals surface area contributed by atoms with E-state index in [2.05, 4.69) is 15.9 Å².